The summed E-state index contributed by atoms with van der Waals surface area (Å²) in [4.78, 5) is 45.0. The van der Waals surface area contributed by atoms with Crippen LogP contribution >= 0.6 is 11.3 Å². The third kappa shape index (κ3) is 2.52. The van der Waals surface area contributed by atoms with Gasteiger partial charge in [-0.3, -0.25) is 19.5 Å². The first kappa shape index (κ1) is 16.1. The lowest BCUT2D eigenvalue weighted by atomic mass is 10.1. The largest absolute Gasteiger partial charge is 0.351 e. The van der Waals surface area contributed by atoms with E-state index in [1.807, 2.05) is 25.2 Å². The molecule has 0 saturated heterocycles. The van der Waals surface area contributed by atoms with Gasteiger partial charge in [-0.05, 0) is 32.4 Å². The van der Waals surface area contributed by atoms with E-state index >= 15 is 0 Å². The second-order valence-electron chi connectivity index (χ2n) is 5.53. The van der Waals surface area contributed by atoms with Crippen LogP contribution in [0.1, 0.15) is 24.2 Å². The highest BCUT2D eigenvalue weighted by atomic mass is 32.1. The fraction of sp³-hybridized carbons (Fsp3) is 0.267. The molecule has 3 N–H and O–H groups in total. The van der Waals surface area contributed by atoms with Crippen molar-refractivity contribution in [3.63, 3.8) is 0 Å². The van der Waals surface area contributed by atoms with Gasteiger partial charge in [-0.2, -0.15) is 0 Å². The van der Waals surface area contributed by atoms with Crippen molar-refractivity contribution in [3.05, 3.63) is 34.0 Å². The summed E-state index contributed by atoms with van der Waals surface area (Å²) in [7, 11) is 0. The summed E-state index contributed by atoms with van der Waals surface area (Å²) in [5, 5.41) is 2.81. The van der Waals surface area contributed by atoms with Gasteiger partial charge in [-0.25, -0.2) is 14.8 Å². The van der Waals surface area contributed by atoms with Crippen molar-refractivity contribution >= 4 is 43.7 Å². The van der Waals surface area contributed by atoms with E-state index in [4.69, 9.17) is 5.73 Å². The Bertz CT molecular complexity index is 1050. The molecule has 0 aliphatic rings. The Balaban J connectivity index is 2.20. The topological polar surface area (TPSA) is 120 Å². The number of carbonyl (C=O) groups is 2. The zero-order valence-electron chi connectivity index (χ0n) is 13.3. The Hall–Kier alpha value is -2.81. The number of primary amides is 1. The molecule has 24 heavy (non-hydrogen) atoms. The summed E-state index contributed by atoms with van der Waals surface area (Å²) in [5.41, 5.74) is 7.01. The lowest BCUT2D eigenvalue weighted by molar-refractivity contribution is -0.122. The summed E-state index contributed by atoms with van der Waals surface area (Å²) in [5.74, 6) is -0.669. The lowest BCUT2D eigenvalue weighted by Gasteiger charge is -2.13. The third-order valence-corrected chi connectivity index (χ3v) is 4.81. The molecule has 0 radical (unpaired) electrons. The average Bonchev–Trinajstić information content (AvgIpc) is 2.85. The van der Waals surface area contributed by atoms with Crippen LogP contribution in [-0.2, 0) is 4.79 Å². The van der Waals surface area contributed by atoms with Crippen molar-refractivity contribution in [1.29, 1.82) is 0 Å². The molecule has 1 unspecified atom stereocenters. The van der Waals surface area contributed by atoms with E-state index in [0.717, 1.165) is 21.5 Å². The highest BCUT2D eigenvalue weighted by Crippen LogP contribution is 2.31. The standard InChI is InChI=1S/C15H15N5O3S/c1-6-4-7(2)18-13-9(6)10-11(24-13)14(22)20(5-17-10)8(3)12(21)19-15(16)23/h4-5,8H,1-3H3,(H3,16,19,21,23). The zero-order chi connectivity index (χ0) is 17.6. The van der Waals surface area contributed by atoms with Gasteiger partial charge in [0.15, 0.2) is 0 Å². The van der Waals surface area contributed by atoms with Gasteiger partial charge in [0.1, 0.15) is 15.6 Å². The van der Waals surface area contributed by atoms with Crippen molar-refractivity contribution in [3.8, 4) is 0 Å². The number of thiophene rings is 1. The molecule has 9 heteroatoms. The maximum absolute atomic E-state index is 12.7. The monoisotopic (exact) mass is 345 g/mol. The van der Waals surface area contributed by atoms with Gasteiger partial charge < -0.3 is 5.73 Å². The fourth-order valence-electron chi connectivity index (χ4n) is 2.61. The number of nitrogens with zero attached hydrogens (tertiary/aromatic N) is 3. The van der Waals surface area contributed by atoms with Crippen LogP contribution in [0.2, 0.25) is 0 Å². The predicted molar refractivity (Wildman–Crippen MR) is 91.1 cm³/mol. The van der Waals surface area contributed by atoms with Crippen LogP contribution < -0.4 is 16.6 Å². The number of amides is 3. The quantitative estimate of drug-likeness (QED) is 0.727. The average molecular weight is 345 g/mol. The zero-order valence-corrected chi connectivity index (χ0v) is 14.1. The molecule has 1 atom stereocenters. The van der Waals surface area contributed by atoms with Crippen molar-refractivity contribution in [2.24, 2.45) is 5.73 Å². The second kappa shape index (κ2) is 5.68. The number of urea groups is 1. The number of aryl methyl sites for hydroxylation is 2. The van der Waals surface area contributed by atoms with Crippen LogP contribution in [-0.4, -0.2) is 26.5 Å². The molecule has 0 aliphatic heterocycles. The minimum Gasteiger partial charge on any atom is -0.351 e. The number of hydrogen-bond donors (Lipinski definition) is 2. The minimum atomic E-state index is -0.967. The maximum Gasteiger partial charge on any atom is 0.318 e. The molecule has 8 nitrogen and oxygen atoms in total. The molecule has 3 heterocycles. The van der Waals surface area contributed by atoms with E-state index in [-0.39, 0.29) is 5.56 Å². The number of imide groups is 1. The van der Waals surface area contributed by atoms with Crippen LogP contribution in [0.25, 0.3) is 20.4 Å². The molecule has 0 fully saturated rings. The molecular weight excluding hydrogens is 330 g/mol. The smallest absolute Gasteiger partial charge is 0.318 e. The molecule has 0 bridgehead atoms. The summed E-state index contributed by atoms with van der Waals surface area (Å²) >= 11 is 1.24. The Kier molecular flexibility index (Phi) is 3.80. The summed E-state index contributed by atoms with van der Waals surface area (Å²) in [6.07, 6.45) is 1.31. The van der Waals surface area contributed by atoms with Gasteiger partial charge in [-0.1, -0.05) is 0 Å². The molecule has 3 rings (SSSR count). The van der Waals surface area contributed by atoms with Crippen LogP contribution in [0.4, 0.5) is 4.79 Å². The molecule has 3 aromatic heterocycles. The Morgan fingerprint density at radius 1 is 1.38 bits per heavy atom. The first-order valence-corrected chi connectivity index (χ1v) is 7.99. The molecule has 3 aromatic rings. The third-order valence-electron chi connectivity index (χ3n) is 3.75. The fourth-order valence-corrected chi connectivity index (χ4v) is 3.80. The molecule has 0 aliphatic carbocycles. The normalized spacial score (nSPS) is 12.5. The van der Waals surface area contributed by atoms with E-state index in [2.05, 4.69) is 9.97 Å². The van der Waals surface area contributed by atoms with E-state index in [1.54, 1.807) is 0 Å². The number of hydrogen-bond acceptors (Lipinski definition) is 6. The van der Waals surface area contributed by atoms with Crippen molar-refractivity contribution in [1.82, 2.24) is 19.9 Å². The highest BCUT2D eigenvalue weighted by molar-refractivity contribution is 7.25. The van der Waals surface area contributed by atoms with Crippen LogP contribution in [0, 0.1) is 13.8 Å². The number of rotatable bonds is 2. The number of fused-ring (bicyclic) bond motifs is 3. The van der Waals surface area contributed by atoms with Gasteiger partial charge in [-0.15, -0.1) is 11.3 Å². The van der Waals surface area contributed by atoms with Crippen molar-refractivity contribution in [2.75, 3.05) is 0 Å². The summed E-state index contributed by atoms with van der Waals surface area (Å²) in [6, 6.07) is 0.0546. The molecule has 0 spiro atoms. The number of nitrogens with two attached hydrogens (primary N) is 1. The summed E-state index contributed by atoms with van der Waals surface area (Å²) < 4.78 is 1.60. The number of carbonyl (C=O) groups excluding carboxylic acids is 2. The van der Waals surface area contributed by atoms with Gasteiger partial charge >= 0.3 is 6.03 Å². The van der Waals surface area contributed by atoms with Crippen molar-refractivity contribution < 1.29 is 9.59 Å². The van der Waals surface area contributed by atoms with E-state index in [0.29, 0.717) is 10.2 Å². The maximum atomic E-state index is 12.7. The minimum absolute atomic E-state index is 0.354. The van der Waals surface area contributed by atoms with Gasteiger partial charge in [0.25, 0.3) is 11.5 Å². The first-order chi connectivity index (χ1) is 11.3. The van der Waals surface area contributed by atoms with E-state index in [9.17, 15) is 14.4 Å². The lowest BCUT2D eigenvalue weighted by Crippen LogP contribution is -2.41. The predicted octanol–water partition coefficient (Wildman–Crippen LogP) is 1.38. The van der Waals surface area contributed by atoms with Gasteiger partial charge in [0, 0.05) is 11.1 Å². The Morgan fingerprint density at radius 3 is 2.75 bits per heavy atom. The van der Waals surface area contributed by atoms with Gasteiger partial charge in [0.05, 0.1) is 11.8 Å². The Morgan fingerprint density at radius 2 is 2.08 bits per heavy atom. The van der Waals surface area contributed by atoms with E-state index in [1.165, 1.54) is 29.2 Å². The second-order valence-corrected chi connectivity index (χ2v) is 6.53. The van der Waals surface area contributed by atoms with Crippen LogP contribution in [0.5, 0.6) is 0 Å². The Labute approximate surface area is 140 Å². The van der Waals surface area contributed by atoms with Crippen LogP contribution in [0.3, 0.4) is 0 Å². The SMILES string of the molecule is Cc1cc(C)c2c(n1)sc1c(=O)n(C(C)C(=O)NC(N)=O)cnc12. The van der Waals surface area contributed by atoms with E-state index < -0.39 is 18.0 Å². The molecule has 0 aromatic carbocycles. The molecule has 3 amide bonds. The summed E-state index contributed by atoms with van der Waals surface area (Å²) in [6.45, 7) is 5.33. The molecule has 124 valence electrons. The number of nitrogens with one attached hydrogen (secondary N) is 1. The van der Waals surface area contributed by atoms with Crippen LogP contribution in [0.15, 0.2) is 17.2 Å². The van der Waals surface area contributed by atoms with Crippen molar-refractivity contribution in [2.45, 2.75) is 26.8 Å². The number of aromatic nitrogens is 3. The highest BCUT2D eigenvalue weighted by Gasteiger charge is 2.21. The molecular formula is C15H15N5O3S. The molecule has 0 saturated carbocycles. The first-order valence-electron chi connectivity index (χ1n) is 7.17. The number of pyridine rings is 1. The van der Waals surface area contributed by atoms with Gasteiger partial charge in [0.2, 0.25) is 0 Å².